The lowest BCUT2D eigenvalue weighted by molar-refractivity contribution is 0.0746. The number of aromatic nitrogens is 1. The van der Waals surface area contributed by atoms with Crippen LogP contribution in [0.1, 0.15) is 29.6 Å². The number of amides is 1. The van der Waals surface area contributed by atoms with E-state index in [1.54, 1.807) is 4.90 Å². The Morgan fingerprint density at radius 2 is 2.41 bits per heavy atom. The van der Waals surface area contributed by atoms with Gasteiger partial charge in [0.05, 0.1) is 12.5 Å². The second kappa shape index (κ2) is 4.91. The largest absolute Gasteiger partial charge is 0.335 e. The Hall–Kier alpha value is -1.96. The summed E-state index contributed by atoms with van der Waals surface area (Å²) in [5.41, 5.74) is 0.294. The second-order valence-corrected chi connectivity index (χ2v) is 4.01. The van der Waals surface area contributed by atoms with E-state index < -0.39 is 5.95 Å². The minimum atomic E-state index is -0.660. The van der Waals surface area contributed by atoms with Crippen molar-refractivity contribution in [3.63, 3.8) is 0 Å². The number of nitrogens with zero attached hydrogens (tertiary/aromatic N) is 3. The topological polar surface area (TPSA) is 57.0 Å². The number of carbonyl (C=O) groups excluding carboxylic acids is 1. The maximum absolute atomic E-state index is 12.9. The summed E-state index contributed by atoms with van der Waals surface area (Å²) < 4.78 is 12.9. The standard InChI is InChI=1S/C12H12FN3O/c13-11-8-9(4-6-15-11)12(17)16(7-1-5-14)10-2-3-10/h4,6,8,10H,1-3,7H2. The van der Waals surface area contributed by atoms with Gasteiger partial charge in [-0.2, -0.15) is 9.65 Å². The molecule has 0 radical (unpaired) electrons. The number of hydrogen-bond acceptors (Lipinski definition) is 3. The summed E-state index contributed by atoms with van der Waals surface area (Å²) in [5, 5.41) is 8.56. The molecule has 0 atom stereocenters. The number of rotatable bonds is 4. The maximum atomic E-state index is 12.9. The first-order chi connectivity index (χ1) is 8.22. The van der Waals surface area contributed by atoms with Crippen LogP contribution in [0.5, 0.6) is 0 Å². The Kier molecular flexibility index (Phi) is 3.33. The van der Waals surface area contributed by atoms with Crippen molar-refractivity contribution in [3.05, 3.63) is 29.8 Å². The maximum Gasteiger partial charge on any atom is 0.254 e. The molecule has 88 valence electrons. The molecule has 17 heavy (non-hydrogen) atoms. The molecule has 1 aromatic rings. The van der Waals surface area contributed by atoms with Gasteiger partial charge in [-0.1, -0.05) is 0 Å². The predicted molar refractivity (Wildman–Crippen MR) is 58.5 cm³/mol. The van der Waals surface area contributed by atoms with Crippen molar-refractivity contribution in [3.8, 4) is 6.07 Å². The molecule has 0 saturated heterocycles. The van der Waals surface area contributed by atoms with Crippen LogP contribution in [0.3, 0.4) is 0 Å². The van der Waals surface area contributed by atoms with Gasteiger partial charge in [0.2, 0.25) is 5.95 Å². The van der Waals surface area contributed by atoms with Crippen molar-refractivity contribution >= 4 is 5.91 Å². The van der Waals surface area contributed by atoms with E-state index in [9.17, 15) is 9.18 Å². The van der Waals surface area contributed by atoms with Crippen LogP contribution in [0, 0.1) is 17.3 Å². The number of pyridine rings is 1. The van der Waals surface area contributed by atoms with Crippen molar-refractivity contribution in [2.45, 2.75) is 25.3 Å². The van der Waals surface area contributed by atoms with E-state index in [4.69, 9.17) is 5.26 Å². The summed E-state index contributed by atoms with van der Waals surface area (Å²) in [6, 6.07) is 4.86. The normalized spacial score (nSPS) is 14.1. The smallest absolute Gasteiger partial charge is 0.254 e. The molecule has 0 N–H and O–H groups in total. The zero-order valence-electron chi connectivity index (χ0n) is 9.27. The molecule has 1 fully saturated rings. The Morgan fingerprint density at radius 1 is 1.65 bits per heavy atom. The van der Waals surface area contributed by atoms with Gasteiger partial charge in [-0.3, -0.25) is 4.79 Å². The Labute approximate surface area is 98.7 Å². The molecule has 0 aromatic carbocycles. The first-order valence-electron chi connectivity index (χ1n) is 5.52. The third-order valence-electron chi connectivity index (χ3n) is 2.69. The third-order valence-corrected chi connectivity index (χ3v) is 2.69. The van der Waals surface area contributed by atoms with Gasteiger partial charge in [0.25, 0.3) is 5.91 Å². The predicted octanol–water partition coefficient (Wildman–Crippen LogP) is 1.74. The van der Waals surface area contributed by atoms with E-state index in [1.165, 1.54) is 12.3 Å². The Balaban J connectivity index is 2.13. The van der Waals surface area contributed by atoms with E-state index in [2.05, 4.69) is 4.98 Å². The quantitative estimate of drug-likeness (QED) is 0.744. The minimum absolute atomic E-state index is 0.215. The number of nitriles is 1. The lowest BCUT2D eigenvalue weighted by atomic mass is 10.2. The number of carbonyl (C=O) groups is 1. The summed E-state index contributed by atoms with van der Waals surface area (Å²) in [5.74, 6) is -0.879. The van der Waals surface area contributed by atoms with Crippen molar-refractivity contribution in [1.82, 2.24) is 9.88 Å². The van der Waals surface area contributed by atoms with Crippen molar-refractivity contribution < 1.29 is 9.18 Å². The van der Waals surface area contributed by atoms with E-state index in [-0.39, 0.29) is 11.9 Å². The van der Waals surface area contributed by atoms with Crippen molar-refractivity contribution in [2.75, 3.05) is 6.54 Å². The molecule has 1 amide bonds. The van der Waals surface area contributed by atoms with Gasteiger partial charge in [0.15, 0.2) is 0 Å². The second-order valence-electron chi connectivity index (χ2n) is 4.01. The SMILES string of the molecule is N#CCCN(C(=O)c1ccnc(F)c1)C1CC1. The average Bonchev–Trinajstić information content (AvgIpc) is 3.14. The number of halogens is 1. The highest BCUT2D eigenvalue weighted by molar-refractivity contribution is 5.94. The lowest BCUT2D eigenvalue weighted by Crippen LogP contribution is -2.34. The summed E-state index contributed by atoms with van der Waals surface area (Å²) in [6.07, 6.45) is 3.50. The summed E-state index contributed by atoms with van der Waals surface area (Å²) in [4.78, 5) is 17.2. The van der Waals surface area contributed by atoms with Gasteiger partial charge in [0.1, 0.15) is 0 Å². The van der Waals surface area contributed by atoms with Crippen LogP contribution >= 0.6 is 0 Å². The van der Waals surface area contributed by atoms with Gasteiger partial charge in [-0.15, -0.1) is 0 Å². The monoisotopic (exact) mass is 233 g/mol. The highest BCUT2D eigenvalue weighted by atomic mass is 19.1. The Bertz CT molecular complexity index is 465. The van der Waals surface area contributed by atoms with Gasteiger partial charge in [-0.05, 0) is 18.9 Å². The zero-order valence-corrected chi connectivity index (χ0v) is 9.27. The van der Waals surface area contributed by atoms with E-state index in [0.29, 0.717) is 18.5 Å². The van der Waals surface area contributed by atoms with Crippen LogP contribution in [-0.2, 0) is 0 Å². The van der Waals surface area contributed by atoms with Gasteiger partial charge < -0.3 is 4.90 Å². The van der Waals surface area contributed by atoms with Crippen molar-refractivity contribution in [2.24, 2.45) is 0 Å². The molecule has 1 heterocycles. The fourth-order valence-electron chi connectivity index (χ4n) is 1.71. The lowest BCUT2D eigenvalue weighted by Gasteiger charge is -2.21. The molecule has 1 aliphatic carbocycles. The molecule has 5 heteroatoms. The molecule has 4 nitrogen and oxygen atoms in total. The molecule has 0 spiro atoms. The highest BCUT2D eigenvalue weighted by Crippen LogP contribution is 2.28. The van der Waals surface area contributed by atoms with Crippen LogP contribution < -0.4 is 0 Å². The average molecular weight is 233 g/mol. The molecule has 1 aromatic heterocycles. The molecule has 1 aliphatic rings. The van der Waals surface area contributed by atoms with E-state index in [1.807, 2.05) is 6.07 Å². The fourth-order valence-corrected chi connectivity index (χ4v) is 1.71. The van der Waals surface area contributed by atoms with Crippen LogP contribution in [0.15, 0.2) is 18.3 Å². The Morgan fingerprint density at radius 3 is 3.00 bits per heavy atom. The molecule has 0 aliphatic heterocycles. The van der Waals surface area contributed by atoms with Crippen LogP contribution in [0.2, 0.25) is 0 Å². The molecular formula is C12H12FN3O. The molecule has 2 rings (SSSR count). The summed E-state index contributed by atoms with van der Waals surface area (Å²) in [6.45, 7) is 0.407. The van der Waals surface area contributed by atoms with Crippen molar-refractivity contribution in [1.29, 1.82) is 5.26 Å². The minimum Gasteiger partial charge on any atom is -0.335 e. The van der Waals surface area contributed by atoms with Crippen LogP contribution in [0.4, 0.5) is 4.39 Å². The molecule has 0 unspecified atom stereocenters. The van der Waals surface area contributed by atoms with Crippen LogP contribution in [-0.4, -0.2) is 28.4 Å². The zero-order chi connectivity index (χ0) is 12.3. The first-order valence-corrected chi connectivity index (χ1v) is 5.52. The van der Waals surface area contributed by atoms with Gasteiger partial charge >= 0.3 is 0 Å². The van der Waals surface area contributed by atoms with E-state index >= 15 is 0 Å². The molecule has 0 bridgehead atoms. The summed E-state index contributed by atoms with van der Waals surface area (Å²) >= 11 is 0. The molecule has 1 saturated carbocycles. The third kappa shape index (κ3) is 2.78. The van der Waals surface area contributed by atoms with E-state index in [0.717, 1.165) is 18.9 Å². The first kappa shape index (κ1) is 11.5. The summed E-state index contributed by atoms with van der Waals surface area (Å²) in [7, 11) is 0. The highest BCUT2D eigenvalue weighted by Gasteiger charge is 2.32. The van der Waals surface area contributed by atoms with Gasteiger partial charge in [-0.25, -0.2) is 4.98 Å². The fraction of sp³-hybridized carbons (Fsp3) is 0.417. The van der Waals surface area contributed by atoms with Crippen LogP contribution in [0.25, 0.3) is 0 Å². The number of hydrogen-bond donors (Lipinski definition) is 0. The molecular weight excluding hydrogens is 221 g/mol. The van der Waals surface area contributed by atoms with Gasteiger partial charge in [0, 0.05) is 30.4 Å².